The van der Waals surface area contributed by atoms with E-state index in [1.165, 1.54) is 173 Å². The van der Waals surface area contributed by atoms with Crippen LogP contribution < -0.4 is 0 Å². The van der Waals surface area contributed by atoms with Gasteiger partial charge in [-0.15, -0.1) is 0 Å². The van der Waals surface area contributed by atoms with E-state index in [1.807, 2.05) is 6.07 Å². The minimum Gasteiger partial charge on any atom is -0.282 e. The average molecular weight is 657 g/mol. The highest BCUT2D eigenvalue weighted by atomic mass is 32.2. The second-order valence-corrected chi connectivity index (χ2v) is 15.7. The summed E-state index contributed by atoms with van der Waals surface area (Å²) in [5.74, 6) is 0. The molecule has 0 fully saturated rings. The van der Waals surface area contributed by atoms with Crippen LogP contribution in [0.1, 0.15) is 205 Å². The highest BCUT2D eigenvalue weighted by Gasteiger charge is 2.18. The summed E-state index contributed by atoms with van der Waals surface area (Å²) in [7, 11) is -4.25. The second kappa shape index (κ2) is 26.6. The minimum absolute atomic E-state index is 0.100. The van der Waals surface area contributed by atoms with Gasteiger partial charge in [-0.25, -0.2) is 0 Å². The van der Waals surface area contributed by atoms with Crippen LogP contribution in [0, 0.1) is 0 Å². The average Bonchev–Trinajstić information content (AvgIpc) is 3.04. The van der Waals surface area contributed by atoms with Gasteiger partial charge >= 0.3 is 0 Å². The Bertz CT molecular complexity index is 1120. The van der Waals surface area contributed by atoms with E-state index < -0.39 is 10.1 Å². The van der Waals surface area contributed by atoms with Crippen molar-refractivity contribution < 1.29 is 13.0 Å². The van der Waals surface area contributed by atoms with Gasteiger partial charge in [0.15, 0.2) is 0 Å². The molecule has 3 nitrogen and oxygen atoms in total. The lowest BCUT2D eigenvalue weighted by molar-refractivity contribution is 0.482. The normalized spacial score (nSPS) is 12.0. The van der Waals surface area contributed by atoms with Crippen molar-refractivity contribution in [1.82, 2.24) is 0 Å². The standard InChI is InChI=1S/C42H72O3S/c1-3-5-7-9-11-13-15-17-19-21-23-25-27-29-31-38-33-34-39-35-36-42(46(43,44)45)40(41(39)37-38)32-30-28-26-24-22-20-18-16-14-12-10-8-6-4-2/h33-37H,3-32H2,1-2H3,(H,43,44,45). The fourth-order valence-corrected chi connectivity index (χ4v) is 7.85. The Hall–Kier alpha value is -1.39. The molecular formula is C42H72O3S. The number of fused-ring (bicyclic) bond motifs is 1. The van der Waals surface area contributed by atoms with Crippen molar-refractivity contribution in [3.63, 3.8) is 0 Å². The molecule has 0 saturated carbocycles. The van der Waals surface area contributed by atoms with Gasteiger partial charge in [0.25, 0.3) is 10.1 Å². The first-order chi connectivity index (χ1) is 22.5. The molecule has 0 aliphatic heterocycles. The Morgan fingerprint density at radius 3 is 1.20 bits per heavy atom. The van der Waals surface area contributed by atoms with Crippen LogP contribution in [-0.2, 0) is 23.0 Å². The van der Waals surface area contributed by atoms with Gasteiger partial charge in [0, 0.05) is 0 Å². The maximum Gasteiger partial charge on any atom is 0.294 e. The summed E-state index contributed by atoms with van der Waals surface area (Å²) in [5.41, 5.74) is 2.09. The Balaban J connectivity index is 1.68. The van der Waals surface area contributed by atoms with Crippen LogP contribution in [0.5, 0.6) is 0 Å². The second-order valence-electron chi connectivity index (χ2n) is 14.3. The lowest BCUT2D eigenvalue weighted by atomic mass is 9.95. The maximum absolute atomic E-state index is 12.3. The van der Waals surface area contributed by atoms with E-state index in [4.69, 9.17) is 0 Å². The third-order valence-corrected chi connectivity index (χ3v) is 11.0. The van der Waals surface area contributed by atoms with Gasteiger partial charge in [-0.2, -0.15) is 8.42 Å². The Kier molecular flexibility index (Phi) is 23.5. The molecule has 2 aromatic rings. The van der Waals surface area contributed by atoms with Crippen molar-refractivity contribution in [2.24, 2.45) is 0 Å². The Morgan fingerprint density at radius 2 is 0.804 bits per heavy atom. The highest BCUT2D eigenvalue weighted by Crippen LogP contribution is 2.29. The van der Waals surface area contributed by atoms with Gasteiger partial charge in [0.1, 0.15) is 0 Å². The van der Waals surface area contributed by atoms with E-state index in [0.29, 0.717) is 6.42 Å². The number of hydrogen-bond acceptors (Lipinski definition) is 2. The first kappa shape index (κ1) is 40.8. The predicted molar refractivity (Wildman–Crippen MR) is 202 cm³/mol. The Labute approximate surface area is 285 Å². The van der Waals surface area contributed by atoms with Crippen LogP contribution in [-0.4, -0.2) is 13.0 Å². The zero-order chi connectivity index (χ0) is 33.1. The molecule has 0 radical (unpaired) electrons. The lowest BCUT2D eigenvalue weighted by Gasteiger charge is -2.13. The first-order valence-electron chi connectivity index (χ1n) is 20.0. The van der Waals surface area contributed by atoms with Crippen LogP contribution in [0.15, 0.2) is 35.2 Å². The topological polar surface area (TPSA) is 54.4 Å². The maximum atomic E-state index is 12.3. The number of unbranched alkanes of at least 4 members (excludes halogenated alkanes) is 26. The van der Waals surface area contributed by atoms with Crippen molar-refractivity contribution in [3.8, 4) is 0 Å². The fourth-order valence-electron chi connectivity index (χ4n) is 7.08. The summed E-state index contributed by atoms with van der Waals surface area (Å²) < 4.78 is 34.6. The summed E-state index contributed by atoms with van der Waals surface area (Å²) in [5, 5.41) is 2.07. The van der Waals surface area contributed by atoms with Crippen molar-refractivity contribution in [2.45, 2.75) is 211 Å². The van der Waals surface area contributed by atoms with Gasteiger partial charge < -0.3 is 0 Å². The largest absolute Gasteiger partial charge is 0.294 e. The molecule has 0 saturated heterocycles. The quantitative estimate of drug-likeness (QED) is 0.0649. The molecule has 0 aromatic heterocycles. The number of rotatable bonds is 31. The molecule has 2 aromatic carbocycles. The minimum atomic E-state index is -4.25. The molecule has 264 valence electrons. The van der Waals surface area contributed by atoms with Crippen LogP contribution in [0.25, 0.3) is 10.8 Å². The summed E-state index contributed by atoms with van der Waals surface area (Å²) in [6.45, 7) is 4.56. The zero-order valence-corrected chi connectivity index (χ0v) is 31.1. The summed E-state index contributed by atoms with van der Waals surface area (Å²) >= 11 is 0. The number of aryl methyl sites for hydroxylation is 2. The van der Waals surface area contributed by atoms with Crippen LogP contribution in [0.2, 0.25) is 0 Å². The van der Waals surface area contributed by atoms with E-state index in [2.05, 4.69) is 32.0 Å². The number of benzene rings is 2. The molecule has 0 heterocycles. The van der Waals surface area contributed by atoms with Crippen molar-refractivity contribution >= 4 is 20.9 Å². The van der Waals surface area contributed by atoms with E-state index in [0.717, 1.165) is 35.6 Å². The predicted octanol–water partition coefficient (Wildman–Crippen LogP) is 14.1. The van der Waals surface area contributed by atoms with Gasteiger partial charge in [-0.05, 0) is 53.6 Å². The van der Waals surface area contributed by atoms with E-state index in [1.54, 1.807) is 6.07 Å². The smallest absolute Gasteiger partial charge is 0.282 e. The van der Waals surface area contributed by atoms with Crippen LogP contribution in [0.3, 0.4) is 0 Å². The Morgan fingerprint density at radius 1 is 0.457 bits per heavy atom. The molecule has 0 aliphatic carbocycles. The molecule has 1 N–H and O–H groups in total. The van der Waals surface area contributed by atoms with Gasteiger partial charge in [-0.1, -0.05) is 205 Å². The highest BCUT2D eigenvalue weighted by molar-refractivity contribution is 7.85. The van der Waals surface area contributed by atoms with Gasteiger partial charge in [-0.3, -0.25) is 4.55 Å². The summed E-state index contributed by atoms with van der Waals surface area (Å²) in [6, 6.07) is 9.99. The zero-order valence-electron chi connectivity index (χ0n) is 30.3. The fraction of sp³-hybridized carbons (Fsp3) is 0.762. The van der Waals surface area contributed by atoms with Crippen LogP contribution >= 0.6 is 0 Å². The molecule has 0 atom stereocenters. The molecule has 46 heavy (non-hydrogen) atoms. The van der Waals surface area contributed by atoms with Crippen molar-refractivity contribution in [1.29, 1.82) is 0 Å². The molecule has 0 spiro atoms. The molecule has 0 bridgehead atoms. The monoisotopic (exact) mass is 657 g/mol. The molecule has 0 unspecified atom stereocenters. The van der Waals surface area contributed by atoms with E-state index in [9.17, 15) is 13.0 Å². The van der Waals surface area contributed by atoms with Gasteiger partial charge in [0.2, 0.25) is 0 Å². The lowest BCUT2D eigenvalue weighted by Crippen LogP contribution is -2.04. The molecule has 4 heteroatoms. The van der Waals surface area contributed by atoms with Crippen molar-refractivity contribution in [2.75, 3.05) is 0 Å². The van der Waals surface area contributed by atoms with E-state index in [-0.39, 0.29) is 4.90 Å². The number of hydrogen-bond donors (Lipinski definition) is 1. The molecular weight excluding hydrogens is 585 g/mol. The van der Waals surface area contributed by atoms with E-state index >= 15 is 0 Å². The third kappa shape index (κ3) is 18.8. The molecule has 0 aliphatic rings. The van der Waals surface area contributed by atoms with Gasteiger partial charge in [0.05, 0.1) is 4.90 Å². The van der Waals surface area contributed by atoms with Crippen molar-refractivity contribution in [3.05, 3.63) is 41.5 Å². The summed E-state index contributed by atoms with van der Waals surface area (Å²) in [6.07, 6.45) is 39.1. The molecule has 0 amide bonds. The summed E-state index contributed by atoms with van der Waals surface area (Å²) in [4.78, 5) is 0.100. The first-order valence-corrected chi connectivity index (χ1v) is 21.4. The molecule has 2 rings (SSSR count). The third-order valence-electron chi connectivity index (χ3n) is 10.0. The van der Waals surface area contributed by atoms with Crippen LogP contribution in [0.4, 0.5) is 0 Å². The SMILES string of the molecule is CCCCCCCCCCCCCCCCc1ccc2ccc(S(=O)(=O)O)c(CCCCCCCCCCCCCCCC)c2c1.